The van der Waals surface area contributed by atoms with Gasteiger partial charge in [0.2, 0.25) is 0 Å². The van der Waals surface area contributed by atoms with Gasteiger partial charge in [0.15, 0.2) is 0 Å². The molecule has 0 heterocycles. The molecule has 200 valence electrons. The quantitative estimate of drug-likeness (QED) is 0.137. The Kier molecular flexibility index (Phi) is 9.42. The zero-order valence-electron chi connectivity index (χ0n) is 24.0. The molecule has 0 amide bonds. The molecule has 38 heavy (non-hydrogen) atoms. The summed E-state index contributed by atoms with van der Waals surface area (Å²) in [5.74, 6) is 0. The summed E-state index contributed by atoms with van der Waals surface area (Å²) < 4.78 is 6.90. The number of hydrogen-bond donors (Lipinski definition) is 0. The van der Waals surface area contributed by atoms with Crippen LogP contribution in [0.2, 0.25) is 16.6 Å². The molecule has 4 rings (SSSR count). The summed E-state index contributed by atoms with van der Waals surface area (Å²) in [6, 6.07) is 42.8. The van der Waals surface area contributed by atoms with Crippen LogP contribution in [0.25, 0.3) is 0 Å². The van der Waals surface area contributed by atoms with Crippen molar-refractivity contribution in [3.63, 3.8) is 0 Å². The maximum atomic E-state index is 6.90. The van der Waals surface area contributed by atoms with Crippen LogP contribution in [0.15, 0.2) is 115 Å². The standard InChI is InChI=1S/C35H45OPSi/c1-28(2)38(29(3)4,30(5)6)36-26-31-22-24-32(25-23-31)27-37(33-16-10-7-11-17-33,34-18-12-8-13-19-34)35-20-14-9-15-21-35/h7-25,28-30,37H,26-27H2,1-6H3. The first-order chi connectivity index (χ1) is 18.3. The van der Waals surface area contributed by atoms with Gasteiger partial charge in [-0.1, -0.05) is 0 Å². The Bertz CT molecular complexity index is 1130. The van der Waals surface area contributed by atoms with E-state index in [1.54, 1.807) is 0 Å². The molecule has 0 bridgehead atoms. The van der Waals surface area contributed by atoms with E-state index in [9.17, 15) is 0 Å². The molecular weight excluding hydrogens is 495 g/mol. The van der Waals surface area contributed by atoms with E-state index in [1.165, 1.54) is 27.0 Å². The molecule has 0 aliphatic carbocycles. The molecule has 4 aromatic carbocycles. The summed E-state index contributed by atoms with van der Waals surface area (Å²) in [7, 11) is -4.19. The Morgan fingerprint density at radius 2 is 0.842 bits per heavy atom. The molecule has 0 spiro atoms. The van der Waals surface area contributed by atoms with Gasteiger partial charge in [-0.05, 0) is 0 Å². The summed E-state index contributed by atoms with van der Waals surface area (Å²) in [6.45, 7) is 14.9. The number of rotatable bonds is 11. The molecule has 0 aliphatic heterocycles. The molecular formula is C35H45OPSi. The van der Waals surface area contributed by atoms with Gasteiger partial charge in [0.1, 0.15) is 0 Å². The van der Waals surface area contributed by atoms with Crippen LogP contribution in [0.4, 0.5) is 0 Å². The predicted octanol–water partition coefficient (Wildman–Crippen LogP) is 8.61. The van der Waals surface area contributed by atoms with Crippen molar-refractivity contribution >= 4 is 31.5 Å². The molecule has 0 saturated heterocycles. The van der Waals surface area contributed by atoms with E-state index < -0.39 is 15.6 Å². The molecule has 1 nitrogen and oxygen atoms in total. The molecule has 0 N–H and O–H groups in total. The molecule has 0 saturated carbocycles. The Balaban J connectivity index is 1.70. The van der Waals surface area contributed by atoms with Crippen molar-refractivity contribution < 1.29 is 4.43 Å². The first kappa shape index (κ1) is 28.5. The van der Waals surface area contributed by atoms with Crippen molar-refractivity contribution in [2.75, 3.05) is 0 Å². The van der Waals surface area contributed by atoms with Crippen LogP contribution in [-0.4, -0.2) is 8.32 Å². The third-order valence-corrected chi connectivity index (χ3v) is 19.4. The Labute approximate surface area is 232 Å². The molecule has 0 fully saturated rings. The topological polar surface area (TPSA) is 9.23 Å². The fraction of sp³-hybridized carbons (Fsp3) is 0.314. The van der Waals surface area contributed by atoms with Crippen molar-refractivity contribution in [3.8, 4) is 0 Å². The first-order valence-corrected chi connectivity index (χ1v) is 18.5. The molecule has 0 aliphatic rings. The molecule has 4 aromatic rings. The Morgan fingerprint density at radius 3 is 1.18 bits per heavy atom. The third kappa shape index (κ3) is 5.74. The van der Waals surface area contributed by atoms with Crippen LogP contribution in [0, 0.1) is 0 Å². The summed E-state index contributed by atoms with van der Waals surface area (Å²) in [5.41, 5.74) is 4.44. The number of hydrogen-bond acceptors (Lipinski definition) is 1. The third-order valence-electron chi connectivity index (χ3n) is 8.49. The normalized spacial score (nSPS) is 12.9. The van der Waals surface area contributed by atoms with Crippen molar-refractivity contribution in [1.82, 2.24) is 0 Å². The van der Waals surface area contributed by atoms with Crippen LogP contribution in [0.5, 0.6) is 0 Å². The van der Waals surface area contributed by atoms with Crippen LogP contribution < -0.4 is 15.9 Å². The van der Waals surface area contributed by atoms with E-state index in [2.05, 4.69) is 157 Å². The molecule has 0 radical (unpaired) electrons. The Hall–Kier alpha value is -2.51. The summed E-state index contributed by atoms with van der Waals surface area (Å²) in [6.07, 6.45) is 1.02. The van der Waals surface area contributed by atoms with Crippen molar-refractivity contribution in [2.24, 2.45) is 0 Å². The van der Waals surface area contributed by atoms with Crippen LogP contribution in [0.1, 0.15) is 52.7 Å². The molecule has 0 aromatic heterocycles. The van der Waals surface area contributed by atoms with Gasteiger partial charge in [-0.3, -0.25) is 0 Å². The van der Waals surface area contributed by atoms with Gasteiger partial charge in [0.25, 0.3) is 0 Å². The minimum absolute atomic E-state index is 0.594. The second kappa shape index (κ2) is 12.6. The van der Waals surface area contributed by atoms with E-state index in [0.717, 1.165) is 6.16 Å². The second-order valence-corrected chi connectivity index (χ2v) is 21.0. The van der Waals surface area contributed by atoms with Gasteiger partial charge in [-0.2, -0.15) is 0 Å². The van der Waals surface area contributed by atoms with Gasteiger partial charge in [-0.25, -0.2) is 0 Å². The number of benzene rings is 4. The average molecular weight is 541 g/mol. The van der Waals surface area contributed by atoms with Crippen LogP contribution in [-0.2, 0) is 17.2 Å². The predicted molar refractivity (Wildman–Crippen MR) is 173 cm³/mol. The van der Waals surface area contributed by atoms with Gasteiger partial charge >= 0.3 is 233 Å². The van der Waals surface area contributed by atoms with Crippen molar-refractivity contribution in [1.29, 1.82) is 0 Å². The zero-order valence-corrected chi connectivity index (χ0v) is 26.0. The van der Waals surface area contributed by atoms with Crippen molar-refractivity contribution in [2.45, 2.75) is 70.9 Å². The Morgan fingerprint density at radius 1 is 0.500 bits per heavy atom. The SMILES string of the molecule is CC(C)[Si](OCc1ccc(C[PH](c2ccccc2)(c2ccccc2)c2ccccc2)cc1)(C(C)C)C(C)C. The zero-order chi connectivity index (χ0) is 27.2. The van der Waals surface area contributed by atoms with Crippen LogP contribution in [0.3, 0.4) is 0 Å². The monoisotopic (exact) mass is 540 g/mol. The van der Waals surface area contributed by atoms with Gasteiger partial charge < -0.3 is 0 Å². The van der Waals surface area contributed by atoms with Gasteiger partial charge in [-0.15, -0.1) is 0 Å². The first-order valence-electron chi connectivity index (χ1n) is 14.2. The maximum absolute atomic E-state index is 6.90. The molecule has 0 atom stereocenters. The molecule has 3 heteroatoms. The summed E-state index contributed by atoms with van der Waals surface area (Å²) in [4.78, 5) is 0. The second-order valence-electron chi connectivity index (χ2n) is 11.6. The summed E-state index contributed by atoms with van der Waals surface area (Å²) in [5, 5.41) is 4.35. The summed E-state index contributed by atoms with van der Waals surface area (Å²) >= 11 is 0. The van der Waals surface area contributed by atoms with Crippen molar-refractivity contribution in [3.05, 3.63) is 126 Å². The minimum atomic E-state index is -2.30. The average Bonchev–Trinajstić information content (AvgIpc) is 2.94. The van der Waals surface area contributed by atoms with E-state index in [0.29, 0.717) is 23.2 Å². The van der Waals surface area contributed by atoms with Crippen LogP contribution >= 0.6 is 7.26 Å². The molecule has 0 unspecified atom stereocenters. The van der Waals surface area contributed by atoms with E-state index in [-0.39, 0.29) is 0 Å². The fourth-order valence-corrected chi connectivity index (χ4v) is 16.9. The van der Waals surface area contributed by atoms with E-state index >= 15 is 0 Å². The van der Waals surface area contributed by atoms with E-state index in [4.69, 9.17) is 4.43 Å². The fourth-order valence-electron chi connectivity index (χ4n) is 6.74. The van der Waals surface area contributed by atoms with Gasteiger partial charge in [0, 0.05) is 0 Å². The van der Waals surface area contributed by atoms with E-state index in [1.807, 2.05) is 0 Å². The van der Waals surface area contributed by atoms with Gasteiger partial charge in [0.05, 0.1) is 0 Å².